The zero-order chi connectivity index (χ0) is 33.3. The van der Waals surface area contributed by atoms with Crippen LogP contribution in [0, 0.1) is 0 Å². The van der Waals surface area contributed by atoms with Crippen molar-refractivity contribution in [2.45, 2.75) is 19.1 Å². The largest absolute Gasteiger partial charge is 0.488 e. The van der Waals surface area contributed by atoms with Gasteiger partial charge in [0.1, 0.15) is 29.9 Å². The number of hydrogen-bond donors (Lipinski definition) is 2. The summed E-state index contributed by atoms with van der Waals surface area (Å²) in [4.78, 5) is 25.8. The molecule has 6 rings (SSSR count). The molecule has 1 amide bonds. The molecule has 0 radical (unpaired) electrons. The summed E-state index contributed by atoms with van der Waals surface area (Å²) in [5, 5.41) is 12.7. The van der Waals surface area contributed by atoms with Crippen molar-refractivity contribution in [3.05, 3.63) is 173 Å². The molecular weight excluding hydrogens is 666 g/mol. The van der Waals surface area contributed by atoms with Gasteiger partial charge in [0.05, 0.1) is 5.56 Å². The van der Waals surface area contributed by atoms with Gasteiger partial charge in [-0.05, 0) is 64.2 Å². The number of benzene rings is 6. The van der Waals surface area contributed by atoms with E-state index in [-0.39, 0.29) is 18.6 Å². The summed E-state index contributed by atoms with van der Waals surface area (Å²) in [7, 11) is 0. The third-order valence-corrected chi connectivity index (χ3v) is 8.30. The molecule has 0 spiro atoms. The van der Waals surface area contributed by atoms with Gasteiger partial charge in [0.15, 0.2) is 0 Å². The van der Waals surface area contributed by atoms with E-state index in [4.69, 9.17) is 9.47 Å². The van der Waals surface area contributed by atoms with Crippen LogP contribution in [0.3, 0.4) is 0 Å². The summed E-state index contributed by atoms with van der Waals surface area (Å²) in [5.41, 5.74) is 5.99. The number of halogens is 1. The van der Waals surface area contributed by atoms with Gasteiger partial charge in [-0.3, -0.25) is 4.79 Å². The first kappa shape index (κ1) is 32.3. The van der Waals surface area contributed by atoms with Gasteiger partial charge in [-0.1, -0.05) is 131 Å². The molecule has 7 heteroatoms. The normalized spacial score (nSPS) is 11.4. The van der Waals surface area contributed by atoms with Crippen molar-refractivity contribution in [2.75, 3.05) is 0 Å². The van der Waals surface area contributed by atoms with Gasteiger partial charge < -0.3 is 19.9 Å². The highest BCUT2D eigenvalue weighted by molar-refractivity contribution is 9.10. The Morgan fingerprint density at radius 1 is 0.646 bits per heavy atom. The lowest BCUT2D eigenvalue weighted by Crippen LogP contribution is -2.42. The Labute approximate surface area is 287 Å². The highest BCUT2D eigenvalue weighted by Gasteiger charge is 2.23. The van der Waals surface area contributed by atoms with Crippen LogP contribution in [0.25, 0.3) is 22.3 Å². The molecule has 238 valence electrons. The molecule has 0 aliphatic carbocycles. The highest BCUT2D eigenvalue weighted by atomic mass is 79.9. The lowest BCUT2D eigenvalue weighted by atomic mass is 9.99. The summed E-state index contributed by atoms with van der Waals surface area (Å²) >= 11 is 3.43. The smallest absolute Gasteiger partial charge is 0.326 e. The zero-order valence-electron chi connectivity index (χ0n) is 25.9. The van der Waals surface area contributed by atoms with E-state index in [9.17, 15) is 14.7 Å². The number of ether oxygens (including phenoxy) is 2. The van der Waals surface area contributed by atoms with Crippen LogP contribution < -0.4 is 14.8 Å². The maximum absolute atomic E-state index is 13.5. The minimum atomic E-state index is -1.16. The Kier molecular flexibility index (Phi) is 10.3. The topological polar surface area (TPSA) is 84.9 Å². The van der Waals surface area contributed by atoms with E-state index in [2.05, 4.69) is 33.4 Å². The van der Waals surface area contributed by atoms with Gasteiger partial charge in [0, 0.05) is 16.5 Å². The van der Waals surface area contributed by atoms with E-state index >= 15 is 0 Å². The average Bonchev–Trinajstić information content (AvgIpc) is 3.12. The first-order valence-electron chi connectivity index (χ1n) is 15.4. The van der Waals surface area contributed by atoms with Crippen molar-refractivity contribution in [3.63, 3.8) is 0 Å². The van der Waals surface area contributed by atoms with Crippen LogP contribution in [0.2, 0.25) is 0 Å². The maximum Gasteiger partial charge on any atom is 0.326 e. The molecule has 0 saturated carbocycles. The van der Waals surface area contributed by atoms with Gasteiger partial charge >= 0.3 is 5.97 Å². The van der Waals surface area contributed by atoms with Gasteiger partial charge in [-0.15, -0.1) is 0 Å². The highest BCUT2D eigenvalue weighted by Crippen LogP contribution is 2.33. The number of aliphatic carboxylic acids is 1. The van der Waals surface area contributed by atoms with Crippen molar-refractivity contribution in [1.29, 1.82) is 0 Å². The van der Waals surface area contributed by atoms with Gasteiger partial charge in [-0.2, -0.15) is 0 Å². The van der Waals surface area contributed by atoms with E-state index in [0.29, 0.717) is 16.0 Å². The van der Waals surface area contributed by atoms with Crippen LogP contribution in [0.5, 0.6) is 17.2 Å². The summed E-state index contributed by atoms with van der Waals surface area (Å²) in [5.74, 6) is 0.126. The number of amides is 1. The summed E-state index contributed by atoms with van der Waals surface area (Å²) < 4.78 is 12.9. The van der Waals surface area contributed by atoms with Crippen molar-refractivity contribution in [3.8, 4) is 39.5 Å². The van der Waals surface area contributed by atoms with Crippen LogP contribution in [0.15, 0.2) is 156 Å². The Hall–Kier alpha value is -5.66. The molecule has 0 heterocycles. The molecule has 6 nitrogen and oxygen atoms in total. The van der Waals surface area contributed by atoms with Crippen molar-refractivity contribution in [1.82, 2.24) is 5.32 Å². The number of carboxylic acids is 1. The Bertz CT molecular complexity index is 2000. The molecule has 6 aromatic carbocycles. The Balaban J connectivity index is 1.12. The quantitative estimate of drug-likeness (QED) is 0.133. The molecule has 48 heavy (non-hydrogen) atoms. The maximum atomic E-state index is 13.5. The van der Waals surface area contributed by atoms with E-state index in [0.717, 1.165) is 39.1 Å². The molecule has 0 aromatic heterocycles. The van der Waals surface area contributed by atoms with Crippen LogP contribution in [-0.4, -0.2) is 23.0 Å². The minimum absolute atomic E-state index is 0.0987. The molecule has 0 bridgehead atoms. The van der Waals surface area contributed by atoms with Crippen molar-refractivity contribution >= 4 is 27.8 Å². The monoisotopic (exact) mass is 697 g/mol. The lowest BCUT2D eigenvalue weighted by Gasteiger charge is -2.17. The summed E-state index contributed by atoms with van der Waals surface area (Å²) in [6.07, 6.45) is 0.0987. The van der Waals surface area contributed by atoms with Crippen molar-refractivity contribution < 1.29 is 24.2 Å². The third-order valence-electron chi connectivity index (χ3n) is 7.81. The second kappa shape index (κ2) is 15.3. The molecule has 1 atom stereocenters. The number of rotatable bonds is 12. The predicted octanol–water partition coefficient (Wildman–Crippen LogP) is 9.58. The van der Waals surface area contributed by atoms with Crippen LogP contribution >= 0.6 is 15.9 Å². The van der Waals surface area contributed by atoms with E-state index in [1.54, 1.807) is 18.2 Å². The molecule has 0 fully saturated rings. The van der Waals surface area contributed by atoms with Gasteiger partial charge in [0.2, 0.25) is 0 Å². The average molecular weight is 699 g/mol. The third kappa shape index (κ3) is 8.18. The van der Waals surface area contributed by atoms with Crippen LogP contribution in [0.1, 0.15) is 21.5 Å². The summed E-state index contributed by atoms with van der Waals surface area (Å²) in [6, 6.07) is 47.0. The molecule has 6 aromatic rings. The fourth-order valence-electron chi connectivity index (χ4n) is 5.29. The molecular formula is C41H32BrNO5. The number of carboxylic acid groups (broad SMARTS) is 1. The SMILES string of the molecule is O=C(NC(Cc1ccc(-c2ccccc2Oc2ccccc2)cc1)C(=O)O)c1cc(Br)ccc1OCc1ccc(-c2ccccc2)cc1. The number of hydrogen-bond acceptors (Lipinski definition) is 4. The van der Waals surface area contributed by atoms with Crippen LogP contribution in [-0.2, 0) is 17.8 Å². The second-order valence-electron chi connectivity index (χ2n) is 11.2. The molecule has 1 unspecified atom stereocenters. The first-order valence-corrected chi connectivity index (χ1v) is 16.2. The molecule has 0 aliphatic rings. The first-order chi connectivity index (χ1) is 23.4. The fraction of sp³-hybridized carbons (Fsp3) is 0.0732. The predicted molar refractivity (Wildman–Crippen MR) is 191 cm³/mol. The molecule has 0 aliphatic heterocycles. The Morgan fingerprint density at radius 3 is 1.96 bits per heavy atom. The fourth-order valence-corrected chi connectivity index (χ4v) is 5.65. The molecule has 2 N–H and O–H groups in total. The summed E-state index contributed by atoms with van der Waals surface area (Å²) in [6.45, 7) is 0.241. The zero-order valence-corrected chi connectivity index (χ0v) is 27.5. The number of nitrogens with one attached hydrogen (secondary N) is 1. The molecule has 0 saturated heterocycles. The lowest BCUT2D eigenvalue weighted by molar-refractivity contribution is -0.139. The number of para-hydroxylation sites is 2. The standard InChI is InChI=1S/C41H32BrNO5/c42-33-23-24-38(47-27-29-17-19-31(20-18-29)30-9-3-1-4-10-30)36(26-33)40(44)43-37(41(45)46)25-28-15-21-32(22-16-28)35-13-7-8-14-39(35)48-34-11-5-2-6-12-34/h1-24,26,37H,25,27H2,(H,43,44)(H,45,46). The van der Waals surface area contributed by atoms with Gasteiger partial charge in [0.25, 0.3) is 5.91 Å². The Morgan fingerprint density at radius 2 is 1.25 bits per heavy atom. The van der Waals surface area contributed by atoms with Crippen LogP contribution in [0.4, 0.5) is 0 Å². The van der Waals surface area contributed by atoms with E-state index in [1.807, 2.05) is 121 Å². The minimum Gasteiger partial charge on any atom is -0.488 e. The van der Waals surface area contributed by atoms with Crippen molar-refractivity contribution in [2.24, 2.45) is 0 Å². The number of carbonyl (C=O) groups excluding carboxylic acids is 1. The number of carbonyl (C=O) groups is 2. The van der Waals surface area contributed by atoms with E-state index < -0.39 is 17.9 Å². The van der Waals surface area contributed by atoms with Gasteiger partial charge in [-0.25, -0.2) is 4.79 Å². The van der Waals surface area contributed by atoms with E-state index in [1.165, 1.54) is 0 Å². The second-order valence-corrected chi connectivity index (χ2v) is 12.1.